The van der Waals surface area contributed by atoms with Crippen LogP contribution in [0.15, 0.2) is 24.3 Å². The van der Waals surface area contributed by atoms with Crippen molar-refractivity contribution in [1.29, 1.82) is 0 Å². The van der Waals surface area contributed by atoms with Gasteiger partial charge in [-0.25, -0.2) is 0 Å². The topological polar surface area (TPSA) is 72.5 Å². The minimum absolute atomic E-state index is 0.0852. The van der Waals surface area contributed by atoms with Crippen LogP contribution < -0.4 is 5.32 Å². The van der Waals surface area contributed by atoms with Crippen LogP contribution in [0.5, 0.6) is 0 Å². The number of cyclic esters (lactones) is 1. The highest BCUT2D eigenvalue weighted by molar-refractivity contribution is 5.77. The number of carbonyl (C=O) groups is 3. The molecule has 2 atom stereocenters. The molecule has 1 heterocycles. The van der Waals surface area contributed by atoms with Crippen LogP contribution in [-0.2, 0) is 14.3 Å². The van der Waals surface area contributed by atoms with Crippen LogP contribution in [0.1, 0.15) is 36.5 Å². The molecule has 0 saturated carbocycles. The highest BCUT2D eigenvalue weighted by atomic mass is 16.6. The molecule has 1 aromatic rings. The predicted molar refractivity (Wildman–Crippen MR) is 73.7 cm³/mol. The number of Topliss-reactive ketones (excluding diaryl/α,β-unsaturated/α-hetero) is 1. The first-order chi connectivity index (χ1) is 9.58. The third-order valence-corrected chi connectivity index (χ3v) is 3.30. The minimum Gasteiger partial charge on any atom is -0.460 e. The molecule has 0 aliphatic carbocycles. The highest BCUT2D eigenvalue weighted by Crippen LogP contribution is 2.23. The van der Waals surface area contributed by atoms with E-state index in [1.54, 1.807) is 24.3 Å². The van der Waals surface area contributed by atoms with Gasteiger partial charge in [-0.1, -0.05) is 0 Å². The molecule has 2 rings (SSSR count). The number of rotatable bonds is 6. The van der Waals surface area contributed by atoms with Gasteiger partial charge in [0.1, 0.15) is 18.2 Å². The highest BCUT2D eigenvalue weighted by Gasteiger charge is 2.34. The van der Waals surface area contributed by atoms with Crippen LogP contribution in [0.3, 0.4) is 0 Å². The number of hydrogen-bond donors (Lipinski definition) is 1. The molecule has 106 valence electrons. The zero-order valence-electron chi connectivity index (χ0n) is 11.3. The quantitative estimate of drug-likeness (QED) is 0.634. The maximum absolute atomic E-state index is 11.4. The fourth-order valence-corrected chi connectivity index (χ4v) is 2.23. The summed E-state index contributed by atoms with van der Waals surface area (Å²) in [4.78, 5) is 33.0. The predicted octanol–water partition coefficient (Wildman–Crippen LogP) is 1.96. The van der Waals surface area contributed by atoms with Gasteiger partial charge in [0.25, 0.3) is 0 Å². The van der Waals surface area contributed by atoms with E-state index in [0.717, 1.165) is 12.0 Å². The number of aldehydes is 1. The van der Waals surface area contributed by atoms with E-state index in [4.69, 9.17) is 4.74 Å². The molecule has 1 N–H and O–H groups in total. The molecule has 5 heteroatoms. The molecule has 20 heavy (non-hydrogen) atoms. The molecule has 5 nitrogen and oxygen atoms in total. The first kappa shape index (κ1) is 14.2. The van der Waals surface area contributed by atoms with Crippen LogP contribution in [0.4, 0.5) is 5.69 Å². The number of carbonyl (C=O) groups excluding carboxylic acids is 3. The van der Waals surface area contributed by atoms with Crippen molar-refractivity contribution in [2.24, 2.45) is 0 Å². The van der Waals surface area contributed by atoms with Crippen molar-refractivity contribution in [2.75, 3.05) is 5.32 Å². The van der Waals surface area contributed by atoms with Crippen LogP contribution in [0, 0.1) is 0 Å². The van der Waals surface area contributed by atoms with Crippen LogP contribution in [-0.4, -0.2) is 30.2 Å². The van der Waals surface area contributed by atoms with Crippen molar-refractivity contribution in [3.05, 3.63) is 29.8 Å². The van der Waals surface area contributed by atoms with E-state index in [1.807, 2.05) is 0 Å². The number of ether oxygens (including phenoxy) is 1. The smallest absolute Gasteiger partial charge is 0.308 e. The average molecular weight is 275 g/mol. The van der Waals surface area contributed by atoms with E-state index in [2.05, 4.69) is 5.32 Å². The van der Waals surface area contributed by atoms with Crippen molar-refractivity contribution >= 4 is 23.7 Å². The van der Waals surface area contributed by atoms with E-state index in [1.165, 1.54) is 6.92 Å². The lowest BCUT2D eigenvalue weighted by Gasteiger charge is -2.19. The molecule has 0 bridgehead atoms. The minimum atomic E-state index is -0.280. The summed E-state index contributed by atoms with van der Waals surface area (Å²) < 4.78 is 5.23. The van der Waals surface area contributed by atoms with E-state index in [0.29, 0.717) is 18.4 Å². The van der Waals surface area contributed by atoms with Crippen molar-refractivity contribution in [3.63, 3.8) is 0 Å². The Morgan fingerprint density at radius 3 is 2.70 bits per heavy atom. The van der Waals surface area contributed by atoms with Gasteiger partial charge >= 0.3 is 5.97 Å². The molecule has 0 amide bonds. The average Bonchev–Trinajstić information content (AvgIpc) is 2.77. The van der Waals surface area contributed by atoms with E-state index in [-0.39, 0.29) is 30.3 Å². The zero-order valence-corrected chi connectivity index (χ0v) is 11.3. The number of benzene rings is 1. The summed E-state index contributed by atoms with van der Waals surface area (Å²) in [6, 6.07) is 6.85. The lowest BCUT2D eigenvalue weighted by Crippen LogP contribution is -2.29. The molecule has 1 fully saturated rings. The van der Waals surface area contributed by atoms with Gasteiger partial charge in [0.2, 0.25) is 0 Å². The summed E-state index contributed by atoms with van der Waals surface area (Å²) in [6.45, 7) is 1.53. The van der Waals surface area contributed by atoms with Gasteiger partial charge in [-0.2, -0.15) is 0 Å². The molecule has 1 aliphatic heterocycles. The van der Waals surface area contributed by atoms with Crippen LogP contribution >= 0.6 is 0 Å². The summed E-state index contributed by atoms with van der Waals surface area (Å²) >= 11 is 0. The first-order valence-electron chi connectivity index (χ1n) is 6.59. The summed E-state index contributed by atoms with van der Waals surface area (Å²) in [5, 5.41) is 3.22. The maximum Gasteiger partial charge on any atom is 0.308 e. The van der Waals surface area contributed by atoms with E-state index in [9.17, 15) is 14.4 Å². The van der Waals surface area contributed by atoms with Crippen LogP contribution in [0.2, 0.25) is 0 Å². The lowest BCUT2D eigenvalue weighted by atomic mass is 10.0. The Hall–Kier alpha value is -2.17. The maximum atomic E-state index is 11.4. The summed E-state index contributed by atoms with van der Waals surface area (Å²) in [5.74, 6) is -0.164. The molecule has 1 saturated heterocycles. The molecule has 0 radical (unpaired) electrons. The number of anilines is 1. The second kappa shape index (κ2) is 6.32. The Balaban J connectivity index is 1.99. The van der Waals surface area contributed by atoms with Crippen LogP contribution in [0.25, 0.3) is 0 Å². The second-order valence-electron chi connectivity index (χ2n) is 4.96. The molecule has 0 spiro atoms. The Morgan fingerprint density at radius 1 is 1.40 bits per heavy atom. The third-order valence-electron chi connectivity index (χ3n) is 3.30. The SMILES string of the molecule is CC(=O)CC[C@H]1OC(=O)C[C@@H]1Nc1ccc(C=O)cc1. The fourth-order valence-electron chi connectivity index (χ4n) is 2.23. The molecular weight excluding hydrogens is 258 g/mol. The molecule has 0 unspecified atom stereocenters. The van der Waals surface area contributed by atoms with Gasteiger partial charge in [0.05, 0.1) is 12.5 Å². The molecule has 0 aromatic heterocycles. The largest absolute Gasteiger partial charge is 0.460 e. The van der Waals surface area contributed by atoms with Gasteiger partial charge in [-0.05, 0) is 37.6 Å². The fraction of sp³-hybridized carbons (Fsp3) is 0.400. The van der Waals surface area contributed by atoms with E-state index < -0.39 is 0 Å². The van der Waals surface area contributed by atoms with E-state index >= 15 is 0 Å². The molecule has 1 aromatic carbocycles. The van der Waals surface area contributed by atoms with Gasteiger partial charge in [-0.15, -0.1) is 0 Å². The zero-order chi connectivity index (χ0) is 14.5. The number of hydrogen-bond acceptors (Lipinski definition) is 5. The monoisotopic (exact) mass is 275 g/mol. The number of esters is 1. The van der Waals surface area contributed by atoms with Gasteiger partial charge in [0.15, 0.2) is 0 Å². The lowest BCUT2D eigenvalue weighted by molar-refractivity contribution is -0.142. The van der Waals surface area contributed by atoms with Gasteiger partial charge in [0, 0.05) is 17.7 Å². The molecular formula is C15H17NO4. The normalized spacial score (nSPS) is 21.4. The Bertz CT molecular complexity index is 509. The summed E-state index contributed by atoms with van der Waals surface area (Å²) in [7, 11) is 0. The second-order valence-corrected chi connectivity index (χ2v) is 4.96. The van der Waals surface area contributed by atoms with Crippen molar-refractivity contribution < 1.29 is 19.1 Å². The third kappa shape index (κ3) is 3.66. The van der Waals surface area contributed by atoms with Crippen molar-refractivity contribution in [3.8, 4) is 0 Å². The van der Waals surface area contributed by atoms with Crippen molar-refractivity contribution in [1.82, 2.24) is 0 Å². The first-order valence-corrected chi connectivity index (χ1v) is 6.59. The van der Waals surface area contributed by atoms with Gasteiger partial charge < -0.3 is 14.8 Å². The number of ketones is 1. The standard InChI is InChI=1S/C15H17NO4/c1-10(18)2-7-14-13(8-15(19)20-14)16-12-5-3-11(9-17)4-6-12/h3-6,9,13-14,16H,2,7-8H2,1H3/t13-,14+/m0/s1. The Labute approximate surface area is 117 Å². The number of nitrogens with one attached hydrogen (secondary N) is 1. The Morgan fingerprint density at radius 2 is 2.10 bits per heavy atom. The molecule has 1 aliphatic rings. The summed E-state index contributed by atoms with van der Waals surface area (Å²) in [6.07, 6.45) is 1.72. The van der Waals surface area contributed by atoms with Gasteiger partial charge in [-0.3, -0.25) is 9.59 Å². The summed E-state index contributed by atoms with van der Waals surface area (Å²) in [5.41, 5.74) is 1.43. The van der Waals surface area contributed by atoms with Crippen molar-refractivity contribution in [2.45, 2.75) is 38.3 Å². The Kier molecular flexibility index (Phi) is 4.50.